The summed E-state index contributed by atoms with van der Waals surface area (Å²) in [5.41, 5.74) is 5.20. The minimum absolute atomic E-state index is 0.0262. The summed E-state index contributed by atoms with van der Waals surface area (Å²) in [5, 5.41) is 34.9. The summed E-state index contributed by atoms with van der Waals surface area (Å²) in [6.45, 7) is 10.3. The van der Waals surface area contributed by atoms with Gasteiger partial charge in [0.2, 0.25) is 5.91 Å². The van der Waals surface area contributed by atoms with E-state index < -0.39 is 18.1 Å². The van der Waals surface area contributed by atoms with Crippen molar-refractivity contribution in [1.82, 2.24) is 20.5 Å². The number of aliphatic carboxylic acids is 1. The minimum atomic E-state index is -1.59. The molecule has 1 amide bonds. The Hall–Kier alpha value is -5.19. The summed E-state index contributed by atoms with van der Waals surface area (Å²) >= 11 is 6.74. The van der Waals surface area contributed by atoms with Gasteiger partial charge in [0.05, 0.1) is 23.8 Å². The van der Waals surface area contributed by atoms with Gasteiger partial charge in [-0.15, -0.1) is 0 Å². The summed E-state index contributed by atoms with van der Waals surface area (Å²) in [5.74, 6) is 0.427. The number of nitriles is 1. The first kappa shape index (κ1) is 42.0. The van der Waals surface area contributed by atoms with Gasteiger partial charge in [0.15, 0.2) is 0 Å². The normalized spacial score (nSPS) is 14.4. The summed E-state index contributed by atoms with van der Waals surface area (Å²) in [4.78, 5) is 29.7. The maximum Gasteiger partial charge on any atom is 0.326 e. The number of hydrogen-bond acceptors (Lipinski definition) is 10. The highest BCUT2D eigenvalue weighted by molar-refractivity contribution is 6.32. The van der Waals surface area contributed by atoms with Crippen LogP contribution in [0.5, 0.6) is 17.2 Å². The second-order valence-corrected chi connectivity index (χ2v) is 14.8. The number of rotatable bonds is 18. The van der Waals surface area contributed by atoms with Gasteiger partial charge in [-0.3, -0.25) is 19.9 Å². The van der Waals surface area contributed by atoms with Crippen molar-refractivity contribution < 1.29 is 34.0 Å². The van der Waals surface area contributed by atoms with E-state index >= 15 is 0 Å². The lowest BCUT2D eigenvalue weighted by Crippen LogP contribution is -2.52. The minimum Gasteiger partial charge on any atom is -0.493 e. The Bertz CT molecular complexity index is 2050. The van der Waals surface area contributed by atoms with Crippen molar-refractivity contribution in [1.29, 1.82) is 5.26 Å². The highest BCUT2D eigenvalue weighted by Crippen LogP contribution is 2.36. The van der Waals surface area contributed by atoms with Gasteiger partial charge in [-0.1, -0.05) is 41.9 Å². The van der Waals surface area contributed by atoms with Gasteiger partial charge in [-0.25, -0.2) is 0 Å². The molecule has 296 valence electrons. The molecule has 13 heteroatoms. The lowest BCUT2D eigenvalue weighted by atomic mass is 9.93. The zero-order valence-electron chi connectivity index (χ0n) is 32.4. The van der Waals surface area contributed by atoms with Gasteiger partial charge in [-0.2, -0.15) is 5.26 Å². The number of carboxylic acids is 1. The van der Waals surface area contributed by atoms with Crippen LogP contribution in [-0.4, -0.2) is 76.4 Å². The number of carbonyl (C=O) groups is 2. The Morgan fingerprint density at radius 1 is 0.964 bits per heavy atom. The lowest BCUT2D eigenvalue weighted by Gasteiger charge is -2.32. The number of carbonyl (C=O) groups excluding carboxylic acids is 1. The molecule has 4 N–H and O–H groups in total. The number of carboxylic acid groups (broad SMARTS) is 1. The average Bonchev–Trinajstić information content (AvgIpc) is 3.19. The number of aliphatic hydroxyl groups excluding tert-OH is 1. The molecule has 1 aliphatic rings. The Kier molecular flexibility index (Phi) is 14.7. The summed E-state index contributed by atoms with van der Waals surface area (Å²) in [6, 6.07) is 19.5. The molecule has 1 aromatic heterocycles. The molecule has 1 fully saturated rings. The van der Waals surface area contributed by atoms with Gasteiger partial charge >= 0.3 is 5.97 Å². The van der Waals surface area contributed by atoms with Crippen LogP contribution >= 0.6 is 11.6 Å². The molecule has 1 saturated heterocycles. The number of likely N-dealkylation sites (tertiary alicyclic amines) is 1. The van der Waals surface area contributed by atoms with E-state index in [0.717, 1.165) is 72.5 Å². The monoisotopic (exact) mass is 783 g/mol. The number of aliphatic hydroxyl groups is 1. The zero-order chi connectivity index (χ0) is 40.2. The SMILES string of the molecule is CC(=O)NC1CCN(CCCOc2cccc(-c3cccc(COc4cc(OCc5cncc(C#N)c5)c(CN[C@@](C)(CO)C(=O)O)cc4Cl)c3C)c2C)CC1. The number of ether oxygens (including phenoxy) is 3. The van der Waals surface area contributed by atoms with Crippen LogP contribution in [0.4, 0.5) is 0 Å². The first-order valence-corrected chi connectivity index (χ1v) is 19.1. The number of piperidine rings is 1. The van der Waals surface area contributed by atoms with Gasteiger partial charge in [0.1, 0.15) is 42.1 Å². The molecule has 2 heterocycles. The Labute approximate surface area is 333 Å². The number of halogens is 1. The van der Waals surface area contributed by atoms with E-state index in [1.165, 1.54) is 13.1 Å². The van der Waals surface area contributed by atoms with Gasteiger partial charge in [0, 0.05) is 68.7 Å². The van der Waals surface area contributed by atoms with E-state index in [1.807, 2.05) is 24.3 Å². The molecule has 0 bridgehead atoms. The highest BCUT2D eigenvalue weighted by Gasteiger charge is 2.32. The number of nitrogens with one attached hydrogen (secondary N) is 2. The van der Waals surface area contributed by atoms with E-state index in [-0.39, 0.29) is 31.7 Å². The largest absolute Gasteiger partial charge is 0.493 e. The third kappa shape index (κ3) is 11.0. The number of amides is 1. The number of benzene rings is 3. The fraction of sp³-hybridized carbons (Fsp3) is 0.395. The predicted octanol–water partition coefficient (Wildman–Crippen LogP) is 6.34. The van der Waals surface area contributed by atoms with Gasteiger partial charge < -0.3 is 34.6 Å². The second-order valence-electron chi connectivity index (χ2n) is 14.3. The Morgan fingerprint density at radius 3 is 2.38 bits per heavy atom. The smallest absolute Gasteiger partial charge is 0.326 e. The Balaban J connectivity index is 1.27. The summed E-state index contributed by atoms with van der Waals surface area (Å²) in [7, 11) is 0. The molecule has 0 aliphatic carbocycles. The van der Waals surface area contributed by atoms with E-state index in [9.17, 15) is 25.1 Å². The van der Waals surface area contributed by atoms with Crippen LogP contribution in [0.2, 0.25) is 5.02 Å². The fourth-order valence-electron chi connectivity index (χ4n) is 6.65. The van der Waals surface area contributed by atoms with Gasteiger partial charge in [-0.05, 0) is 86.1 Å². The molecule has 0 saturated carbocycles. The quantitative estimate of drug-likeness (QED) is 0.0832. The molecule has 3 aromatic carbocycles. The van der Waals surface area contributed by atoms with Crippen molar-refractivity contribution in [2.75, 3.05) is 32.8 Å². The maximum atomic E-state index is 11.8. The molecule has 0 spiro atoms. The van der Waals surface area contributed by atoms with Crippen LogP contribution in [0.1, 0.15) is 66.5 Å². The van der Waals surface area contributed by atoms with Crippen LogP contribution < -0.4 is 24.8 Å². The molecule has 12 nitrogen and oxygen atoms in total. The van der Waals surface area contributed by atoms with E-state index in [4.69, 9.17) is 25.8 Å². The van der Waals surface area contributed by atoms with Crippen molar-refractivity contribution in [2.45, 2.75) is 78.3 Å². The predicted molar refractivity (Wildman–Crippen MR) is 214 cm³/mol. The molecule has 56 heavy (non-hydrogen) atoms. The van der Waals surface area contributed by atoms with Crippen LogP contribution in [0.15, 0.2) is 67.0 Å². The first-order valence-electron chi connectivity index (χ1n) is 18.7. The number of pyridine rings is 1. The molecular weight excluding hydrogens is 734 g/mol. The lowest BCUT2D eigenvalue weighted by molar-refractivity contribution is -0.146. The molecule has 5 rings (SSSR count). The zero-order valence-corrected chi connectivity index (χ0v) is 33.1. The molecule has 1 aliphatic heterocycles. The summed E-state index contributed by atoms with van der Waals surface area (Å²) < 4.78 is 18.8. The Morgan fingerprint density at radius 2 is 1.68 bits per heavy atom. The number of nitrogens with zero attached hydrogens (tertiary/aromatic N) is 3. The highest BCUT2D eigenvalue weighted by atomic mass is 35.5. The van der Waals surface area contributed by atoms with Crippen LogP contribution in [0, 0.1) is 25.2 Å². The van der Waals surface area contributed by atoms with E-state index in [1.54, 1.807) is 31.3 Å². The maximum absolute atomic E-state index is 11.8. The van der Waals surface area contributed by atoms with Crippen molar-refractivity contribution >= 4 is 23.5 Å². The number of hydrogen-bond donors (Lipinski definition) is 4. The molecule has 0 radical (unpaired) electrons. The second kappa shape index (κ2) is 19.6. The van der Waals surface area contributed by atoms with Crippen LogP contribution in [-0.2, 0) is 29.3 Å². The third-order valence-electron chi connectivity index (χ3n) is 10.2. The van der Waals surface area contributed by atoms with Crippen LogP contribution in [0.25, 0.3) is 11.1 Å². The van der Waals surface area contributed by atoms with Crippen molar-refractivity contribution in [3.05, 3.63) is 105 Å². The molecule has 1 atom stereocenters. The molecule has 4 aromatic rings. The first-order chi connectivity index (χ1) is 26.9. The van der Waals surface area contributed by atoms with E-state index in [0.29, 0.717) is 39.8 Å². The molecule has 0 unspecified atom stereocenters. The standard InChI is InChI=1S/C43H50ClN5O7/c1-28-33(8-5-9-36(28)37-10-6-11-39(29(37)2)54-17-7-14-49-15-12-35(13-16-49)48-30(3)51)26-56-41-20-40(55-25-32-18-31(21-45)22-46-23-32)34(19-38(41)44)24-47-43(4,27-50)42(52)53/h5-6,8-11,18-20,22-23,35,47,50H,7,12-17,24-27H2,1-4H3,(H,48,51)(H,52,53)/t43-/m0/s1. The fourth-order valence-corrected chi connectivity index (χ4v) is 6.89. The topological polar surface area (TPSA) is 166 Å². The van der Waals surface area contributed by atoms with E-state index in [2.05, 4.69) is 52.6 Å². The number of aromatic nitrogens is 1. The van der Waals surface area contributed by atoms with Gasteiger partial charge in [0.25, 0.3) is 0 Å². The average molecular weight is 784 g/mol. The van der Waals surface area contributed by atoms with Crippen molar-refractivity contribution in [3.8, 4) is 34.4 Å². The van der Waals surface area contributed by atoms with Crippen molar-refractivity contribution in [2.24, 2.45) is 0 Å². The van der Waals surface area contributed by atoms with Crippen molar-refractivity contribution in [3.63, 3.8) is 0 Å². The summed E-state index contributed by atoms with van der Waals surface area (Å²) in [6.07, 6.45) is 5.91. The van der Waals surface area contributed by atoms with Crippen LogP contribution in [0.3, 0.4) is 0 Å². The third-order valence-corrected chi connectivity index (χ3v) is 10.5. The molecular formula is C43H50ClN5O7.